The summed E-state index contributed by atoms with van der Waals surface area (Å²) in [5.74, 6) is -0.895. The number of amides is 2. The van der Waals surface area contributed by atoms with E-state index in [-0.39, 0.29) is 30.2 Å². The molecule has 6 nitrogen and oxygen atoms in total. The maximum Gasteiger partial charge on any atom is 0.251 e. The Bertz CT molecular complexity index is 1300. The largest absolute Gasteiger partial charge is 0.393 e. The molecule has 1 aliphatic carbocycles. The van der Waals surface area contributed by atoms with Gasteiger partial charge in [0, 0.05) is 23.4 Å². The summed E-state index contributed by atoms with van der Waals surface area (Å²) >= 11 is 0. The molecule has 0 unspecified atom stereocenters. The third-order valence-corrected chi connectivity index (χ3v) is 7.21. The minimum absolute atomic E-state index is 0.180. The Morgan fingerprint density at radius 2 is 1.67 bits per heavy atom. The number of aryl methyl sites for hydroxylation is 1. The Hall–Kier alpha value is -3.48. The van der Waals surface area contributed by atoms with Crippen molar-refractivity contribution in [3.05, 3.63) is 106 Å². The molecule has 3 aromatic rings. The summed E-state index contributed by atoms with van der Waals surface area (Å²) in [5.41, 5.74) is 4.83. The molecule has 0 heterocycles. The van der Waals surface area contributed by atoms with Gasteiger partial charge in [-0.1, -0.05) is 72.3 Å². The quantitative estimate of drug-likeness (QED) is 0.330. The summed E-state index contributed by atoms with van der Waals surface area (Å²) < 4.78 is 0. The van der Waals surface area contributed by atoms with E-state index in [2.05, 4.69) is 10.6 Å². The maximum absolute atomic E-state index is 13.6. The predicted octanol–water partition coefficient (Wildman–Crippen LogP) is 4.45. The molecule has 0 radical (unpaired) electrons. The van der Waals surface area contributed by atoms with Gasteiger partial charge in [0.25, 0.3) is 5.91 Å². The third-order valence-electron chi connectivity index (χ3n) is 7.21. The van der Waals surface area contributed by atoms with Crippen LogP contribution in [0.5, 0.6) is 0 Å². The number of fused-ring (bicyclic) bond motifs is 1. The fourth-order valence-electron chi connectivity index (χ4n) is 5.35. The lowest BCUT2D eigenvalue weighted by Gasteiger charge is -2.25. The standard InChI is InChI=1S/C33H40N2O4/c1-21-14-15-24(28(16-21)32(39)35-33(2,3)4)18-26(36)19-25(17-22-10-6-5-7-11-22)31(38)34-30-27-13-9-8-12-23(27)20-29(30)37/h5-16,25-26,29-30,36-37H,17-20H2,1-4H3,(H,34,38)(H,35,39)/t25-,26+,29+,30-/m0/s1. The first kappa shape index (κ1) is 28.5. The Balaban J connectivity index is 1.52. The van der Waals surface area contributed by atoms with Gasteiger partial charge in [0.05, 0.1) is 18.2 Å². The zero-order chi connectivity index (χ0) is 28.2. The number of nitrogens with one attached hydrogen (secondary N) is 2. The van der Waals surface area contributed by atoms with Crippen molar-refractivity contribution in [2.24, 2.45) is 5.92 Å². The monoisotopic (exact) mass is 528 g/mol. The van der Waals surface area contributed by atoms with Gasteiger partial charge in [0.1, 0.15) is 0 Å². The molecule has 4 N–H and O–H groups in total. The van der Waals surface area contributed by atoms with Gasteiger partial charge in [-0.2, -0.15) is 0 Å². The molecule has 1 aliphatic rings. The molecule has 206 valence electrons. The second-order valence-corrected chi connectivity index (χ2v) is 11.8. The highest BCUT2D eigenvalue weighted by molar-refractivity contribution is 5.96. The summed E-state index contributed by atoms with van der Waals surface area (Å²) in [5, 5.41) is 28.0. The van der Waals surface area contributed by atoms with Crippen molar-refractivity contribution in [1.29, 1.82) is 0 Å². The Kier molecular flexibility index (Phi) is 8.88. The molecule has 4 rings (SSSR count). The van der Waals surface area contributed by atoms with Gasteiger partial charge in [0.2, 0.25) is 5.91 Å². The van der Waals surface area contributed by atoms with E-state index in [0.29, 0.717) is 18.4 Å². The van der Waals surface area contributed by atoms with Gasteiger partial charge >= 0.3 is 0 Å². The van der Waals surface area contributed by atoms with E-state index >= 15 is 0 Å². The molecule has 0 aliphatic heterocycles. The molecule has 0 saturated carbocycles. The molecule has 0 fully saturated rings. The molecule has 0 saturated heterocycles. The minimum atomic E-state index is -0.839. The summed E-state index contributed by atoms with van der Waals surface area (Å²) in [7, 11) is 0. The number of aliphatic hydroxyl groups excluding tert-OH is 2. The highest BCUT2D eigenvalue weighted by atomic mass is 16.3. The molecule has 0 aromatic heterocycles. The average molecular weight is 529 g/mol. The maximum atomic E-state index is 13.6. The van der Waals surface area contributed by atoms with Gasteiger partial charge in [-0.15, -0.1) is 0 Å². The highest BCUT2D eigenvalue weighted by Crippen LogP contribution is 2.32. The van der Waals surface area contributed by atoms with Crippen molar-refractivity contribution in [2.45, 2.75) is 77.2 Å². The van der Waals surface area contributed by atoms with E-state index in [1.165, 1.54) is 0 Å². The van der Waals surface area contributed by atoms with Crippen LogP contribution in [0.4, 0.5) is 0 Å². The van der Waals surface area contributed by atoms with Crippen molar-refractivity contribution in [3.8, 4) is 0 Å². The van der Waals surface area contributed by atoms with E-state index in [4.69, 9.17) is 0 Å². The normalized spacial score (nSPS) is 18.2. The van der Waals surface area contributed by atoms with Crippen molar-refractivity contribution in [3.63, 3.8) is 0 Å². The first-order valence-corrected chi connectivity index (χ1v) is 13.7. The van der Waals surface area contributed by atoms with Crippen LogP contribution in [-0.4, -0.2) is 39.8 Å². The summed E-state index contributed by atoms with van der Waals surface area (Å²) in [6.45, 7) is 7.73. The van der Waals surface area contributed by atoms with E-state index in [0.717, 1.165) is 27.8 Å². The van der Waals surface area contributed by atoms with Crippen LogP contribution >= 0.6 is 0 Å². The average Bonchev–Trinajstić information content (AvgIpc) is 3.19. The van der Waals surface area contributed by atoms with Crippen molar-refractivity contribution < 1.29 is 19.8 Å². The van der Waals surface area contributed by atoms with Crippen LogP contribution in [0.15, 0.2) is 72.8 Å². The first-order valence-electron chi connectivity index (χ1n) is 13.7. The number of aliphatic hydroxyl groups is 2. The second kappa shape index (κ2) is 12.1. The molecule has 6 heteroatoms. The number of rotatable bonds is 9. The predicted molar refractivity (Wildman–Crippen MR) is 153 cm³/mol. The van der Waals surface area contributed by atoms with Crippen molar-refractivity contribution in [1.82, 2.24) is 10.6 Å². The van der Waals surface area contributed by atoms with Gasteiger partial charge in [0.15, 0.2) is 0 Å². The number of hydrogen-bond acceptors (Lipinski definition) is 4. The zero-order valence-electron chi connectivity index (χ0n) is 23.3. The lowest BCUT2D eigenvalue weighted by molar-refractivity contribution is -0.127. The van der Waals surface area contributed by atoms with Gasteiger partial charge in [-0.3, -0.25) is 9.59 Å². The van der Waals surface area contributed by atoms with Crippen LogP contribution in [0.1, 0.15) is 71.4 Å². The lowest BCUT2D eigenvalue weighted by Crippen LogP contribution is -2.41. The molecule has 4 atom stereocenters. The Labute approximate surface area is 231 Å². The second-order valence-electron chi connectivity index (χ2n) is 11.8. The lowest BCUT2D eigenvalue weighted by atomic mass is 9.89. The van der Waals surface area contributed by atoms with Crippen LogP contribution in [0.25, 0.3) is 0 Å². The third kappa shape index (κ3) is 7.55. The van der Waals surface area contributed by atoms with Gasteiger partial charge in [-0.25, -0.2) is 0 Å². The van der Waals surface area contributed by atoms with Crippen LogP contribution in [0, 0.1) is 12.8 Å². The minimum Gasteiger partial charge on any atom is -0.393 e. The van der Waals surface area contributed by atoms with Crippen LogP contribution in [-0.2, 0) is 24.1 Å². The number of benzene rings is 3. The smallest absolute Gasteiger partial charge is 0.251 e. The van der Waals surface area contributed by atoms with Crippen LogP contribution in [0.3, 0.4) is 0 Å². The zero-order valence-corrected chi connectivity index (χ0v) is 23.3. The molecule has 0 bridgehead atoms. The van der Waals surface area contributed by atoms with Crippen molar-refractivity contribution in [2.75, 3.05) is 0 Å². The topological polar surface area (TPSA) is 98.7 Å². The Morgan fingerprint density at radius 1 is 0.974 bits per heavy atom. The number of carbonyl (C=O) groups excluding carboxylic acids is 2. The number of hydrogen-bond donors (Lipinski definition) is 4. The SMILES string of the molecule is Cc1ccc(C[C@@H](O)C[C@H](Cc2ccccc2)C(=O)N[C@H]2c3ccccc3C[C@H]2O)c(C(=O)NC(C)(C)C)c1. The molecule has 39 heavy (non-hydrogen) atoms. The van der Waals surface area contributed by atoms with Crippen LogP contribution < -0.4 is 10.6 Å². The molecule has 2 amide bonds. The summed E-state index contributed by atoms with van der Waals surface area (Å²) in [6, 6.07) is 22.7. The van der Waals surface area contributed by atoms with E-state index < -0.39 is 24.2 Å². The van der Waals surface area contributed by atoms with Gasteiger partial charge in [-0.05, 0) is 75.3 Å². The number of carbonyl (C=O) groups is 2. The van der Waals surface area contributed by atoms with E-state index in [9.17, 15) is 19.8 Å². The van der Waals surface area contributed by atoms with Gasteiger partial charge < -0.3 is 20.8 Å². The fourth-order valence-corrected chi connectivity index (χ4v) is 5.35. The molecule has 0 spiro atoms. The summed E-state index contributed by atoms with van der Waals surface area (Å²) in [4.78, 5) is 26.7. The van der Waals surface area contributed by atoms with Crippen LogP contribution in [0.2, 0.25) is 0 Å². The van der Waals surface area contributed by atoms with E-state index in [1.807, 2.05) is 100 Å². The van der Waals surface area contributed by atoms with Crippen molar-refractivity contribution >= 4 is 11.8 Å². The Morgan fingerprint density at radius 3 is 2.38 bits per heavy atom. The first-order chi connectivity index (χ1) is 18.5. The summed E-state index contributed by atoms with van der Waals surface area (Å²) in [6.07, 6.45) is -0.0985. The molecular weight excluding hydrogens is 488 g/mol. The highest BCUT2D eigenvalue weighted by Gasteiger charge is 2.34. The fraction of sp³-hybridized carbons (Fsp3) is 0.394. The van der Waals surface area contributed by atoms with E-state index in [1.54, 1.807) is 0 Å². The molecule has 3 aromatic carbocycles. The molecular formula is C33H40N2O4.